The summed E-state index contributed by atoms with van der Waals surface area (Å²) in [6.07, 6.45) is 0.924. The minimum atomic E-state index is -0.537. The first-order valence-corrected chi connectivity index (χ1v) is 11.0. The second kappa shape index (κ2) is 6.91. The third kappa shape index (κ3) is 3.40. The summed E-state index contributed by atoms with van der Waals surface area (Å²) >= 11 is 0. The molecule has 0 aromatic heterocycles. The highest BCUT2D eigenvalue weighted by Gasteiger charge is 2.57. The van der Waals surface area contributed by atoms with Crippen molar-refractivity contribution in [3.05, 3.63) is 58.9 Å². The molecule has 0 N–H and O–H groups in total. The van der Waals surface area contributed by atoms with E-state index in [0.29, 0.717) is 23.2 Å². The molecule has 2 aromatic rings. The first-order valence-electron chi connectivity index (χ1n) is 11.0. The normalized spacial score (nSPS) is 27.0. The predicted octanol–water partition coefficient (Wildman–Crippen LogP) is 4.18. The maximum absolute atomic E-state index is 14.5. The zero-order valence-corrected chi connectivity index (χ0v) is 18.7. The molecule has 1 saturated heterocycles. The maximum Gasteiger partial charge on any atom is 0.494 e. The van der Waals surface area contributed by atoms with Crippen LogP contribution in [0.15, 0.2) is 36.4 Å². The Morgan fingerprint density at radius 1 is 1.13 bits per heavy atom. The minimum Gasteiger partial charge on any atom is -0.489 e. The molecule has 0 radical (unpaired) electrons. The lowest BCUT2D eigenvalue weighted by molar-refractivity contribution is -0.118. The molecule has 5 rings (SSSR count). The van der Waals surface area contributed by atoms with Gasteiger partial charge in [0.25, 0.3) is 0 Å². The highest BCUT2D eigenvalue weighted by Crippen LogP contribution is 2.62. The highest BCUT2D eigenvalue weighted by molar-refractivity contribution is 6.62. The van der Waals surface area contributed by atoms with E-state index in [1.54, 1.807) is 19.1 Å². The van der Waals surface area contributed by atoms with Crippen LogP contribution < -0.4 is 10.2 Å². The fourth-order valence-electron chi connectivity index (χ4n) is 5.03. The van der Waals surface area contributed by atoms with Gasteiger partial charge in [-0.05, 0) is 87.7 Å². The molecule has 3 aliphatic rings. The van der Waals surface area contributed by atoms with Crippen molar-refractivity contribution < 1.29 is 23.2 Å². The smallest absolute Gasteiger partial charge is 0.489 e. The summed E-state index contributed by atoms with van der Waals surface area (Å²) in [5, 5.41) is 0. The average Bonchev–Trinajstić information content (AvgIpc) is 3.21. The molecule has 1 aliphatic heterocycles. The molecule has 0 unspecified atom stereocenters. The number of halogens is 1. The fraction of sp³-hybridized carbons (Fsp3) is 0.480. The quantitative estimate of drug-likeness (QED) is 0.679. The van der Waals surface area contributed by atoms with Crippen molar-refractivity contribution in [2.75, 3.05) is 0 Å². The molecule has 1 saturated carbocycles. The van der Waals surface area contributed by atoms with Crippen molar-refractivity contribution in [3.8, 4) is 5.75 Å². The molecular formula is C25H28BFO4. The number of ether oxygens (including phenoxy) is 1. The van der Waals surface area contributed by atoms with Crippen LogP contribution in [-0.2, 0) is 27.1 Å². The molecule has 31 heavy (non-hydrogen) atoms. The molecule has 1 heterocycles. The van der Waals surface area contributed by atoms with Gasteiger partial charge in [-0.3, -0.25) is 4.79 Å². The first-order chi connectivity index (χ1) is 14.6. The van der Waals surface area contributed by atoms with E-state index in [-0.39, 0.29) is 18.3 Å². The number of carbonyl (C=O) groups is 1. The van der Waals surface area contributed by atoms with E-state index in [1.807, 2.05) is 39.8 Å². The highest BCUT2D eigenvalue weighted by atomic mass is 19.1. The second-order valence-corrected chi connectivity index (χ2v) is 10.1. The Morgan fingerprint density at radius 2 is 1.84 bits per heavy atom. The van der Waals surface area contributed by atoms with Gasteiger partial charge in [0.1, 0.15) is 24.0 Å². The van der Waals surface area contributed by atoms with E-state index in [9.17, 15) is 9.18 Å². The molecule has 0 amide bonds. The van der Waals surface area contributed by atoms with Crippen molar-refractivity contribution in [3.63, 3.8) is 0 Å². The molecular weight excluding hydrogens is 394 g/mol. The van der Waals surface area contributed by atoms with E-state index in [4.69, 9.17) is 14.0 Å². The van der Waals surface area contributed by atoms with Crippen LogP contribution in [0.4, 0.5) is 4.39 Å². The van der Waals surface area contributed by atoms with Crippen LogP contribution in [0, 0.1) is 17.7 Å². The summed E-state index contributed by atoms with van der Waals surface area (Å²) in [4.78, 5) is 11.7. The number of Topliss-reactive ketones (excluding diaryl/α,β-unsaturated/α-hetero) is 1. The molecule has 2 fully saturated rings. The maximum atomic E-state index is 14.5. The standard InChI is InChI=1S/C25H28BFO4/c1-14(28)22-20-12-15-11-18(7-8-19(15)23(20)22)29-13-16-10-17(6-9-21(16)27)26-30-24(2,3)25(4,5)31-26/h6-11,20,22-23H,12-13H2,1-5H3/t20-,22-,23-/m0/s1. The summed E-state index contributed by atoms with van der Waals surface area (Å²) in [6, 6.07) is 10.9. The third-order valence-corrected chi connectivity index (χ3v) is 7.56. The van der Waals surface area contributed by atoms with Crippen LogP contribution in [0.2, 0.25) is 0 Å². The average molecular weight is 422 g/mol. The van der Waals surface area contributed by atoms with Gasteiger partial charge in [0.05, 0.1) is 11.2 Å². The van der Waals surface area contributed by atoms with Gasteiger partial charge in [0.15, 0.2) is 0 Å². The molecule has 0 spiro atoms. The zero-order chi connectivity index (χ0) is 22.1. The van der Waals surface area contributed by atoms with Crippen molar-refractivity contribution >= 4 is 18.4 Å². The minimum absolute atomic E-state index is 0.126. The van der Waals surface area contributed by atoms with E-state index in [1.165, 1.54) is 17.2 Å². The molecule has 3 atom stereocenters. The summed E-state index contributed by atoms with van der Waals surface area (Å²) in [7, 11) is -0.537. The van der Waals surface area contributed by atoms with Crippen molar-refractivity contribution in [2.24, 2.45) is 11.8 Å². The van der Waals surface area contributed by atoms with E-state index >= 15 is 0 Å². The third-order valence-electron chi connectivity index (χ3n) is 7.56. The number of ketones is 1. The Balaban J connectivity index is 1.29. The molecule has 2 aromatic carbocycles. The van der Waals surface area contributed by atoms with E-state index in [0.717, 1.165) is 17.6 Å². The number of hydrogen-bond acceptors (Lipinski definition) is 4. The Bertz CT molecular complexity index is 1050. The zero-order valence-electron chi connectivity index (χ0n) is 18.7. The van der Waals surface area contributed by atoms with Gasteiger partial charge < -0.3 is 14.0 Å². The predicted molar refractivity (Wildman–Crippen MR) is 117 cm³/mol. The van der Waals surface area contributed by atoms with Gasteiger partial charge >= 0.3 is 7.12 Å². The molecule has 6 heteroatoms. The van der Waals surface area contributed by atoms with Crippen molar-refractivity contribution in [2.45, 2.75) is 64.8 Å². The summed E-state index contributed by atoms with van der Waals surface area (Å²) in [5.41, 5.74) is 2.86. The van der Waals surface area contributed by atoms with Crippen LogP contribution in [-0.4, -0.2) is 24.1 Å². The lowest BCUT2D eigenvalue weighted by Gasteiger charge is -2.32. The van der Waals surface area contributed by atoms with E-state index in [2.05, 4.69) is 6.07 Å². The Morgan fingerprint density at radius 3 is 2.52 bits per heavy atom. The molecule has 0 bridgehead atoms. The lowest BCUT2D eigenvalue weighted by Crippen LogP contribution is -2.41. The van der Waals surface area contributed by atoms with Gasteiger partial charge in [-0.15, -0.1) is 0 Å². The summed E-state index contributed by atoms with van der Waals surface area (Å²) in [5.74, 6) is 1.74. The van der Waals surface area contributed by atoms with Crippen molar-refractivity contribution in [1.82, 2.24) is 0 Å². The second-order valence-electron chi connectivity index (χ2n) is 10.1. The summed E-state index contributed by atoms with van der Waals surface area (Å²) in [6.45, 7) is 9.80. The number of carbonyl (C=O) groups excluding carboxylic acids is 1. The monoisotopic (exact) mass is 422 g/mol. The number of rotatable bonds is 5. The Kier molecular flexibility index (Phi) is 4.62. The number of benzene rings is 2. The first kappa shape index (κ1) is 20.7. The lowest BCUT2D eigenvalue weighted by atomic mass is 9.78. The van der Waals surface area contributed by atoms with Crippen LogP contribution in [0.25, 0.3) is 0 Å². The number of fused-ring (bicyclic) bond motifs is 3. The van der Waals surface area contributed by atoms with E-state index < -0.39 is 18.3 Å². The van der Waals surface area contributed by atoms with Gasteiger partial charge in [-0.2, -0.15) is 0 Å². The molecule has 4 nitrogen and oxygen atoms in total. The van der Waals surface area contributed by atoms with Crippen LogP contribution >= 0.6 is 0 Å². The largest absolute Gasteiger partial charge is 0.494 e. The van der Waals surface area contributed by atoms with Crippen LogP contribution in [0.5, 0.6) is 5.75 Å². The Labute approximate surface area is 183 Å². The van der Waals surface area contributed by atoms with Crippen LogP contribution in [0.1, 0.15) is 57.2 Å². The summed E-state index contributed by atoms with van der Waals surface area (Å²) < 4.78 is 32.6. The fourth-order valence-corrected chi connectivity index (χ4v) is 5.03. The SMILES string of the molecule is CC(=O)[C@H]1[C@@H]2Cc3cc(OCc4cc(B5OC(C)(C)C(C)(C)O5)ccc4F)ccc3[C@@H]21. The topological polar surface area (TPSA) is 44.8 Å². The van der Waals surface area contributed by atoms with Crippen LogP contribution in [0.3, 0.4) is 0 Å². The number of hydrogen-bond donors (Lipinski definition) is 0. The van der Waals surface area contributed by atoms with Gasteiger partial charge in [-0.1, -0.05) is 18.2 Å². The van der Waals surface area contributed by atoms with Gasteiger partial charge in [0, 0.05) is 11.5 Å². The molecule has 162 valence electrons. The Hall–Kier alpha value is -2.18. The van der Waals surface area contributed by atoms with Gasteiger partial charge in [0.2, 0.25) is 0 Å². The van der Waals surface area contributed by atoms with Gasteiger partial charge in [-0.25, -0.2) is 4.39 Å². The van der Waals surface area contributed by atoms with Crippen molar-refractivity contribution in [1.29, 1.82) is 0 Å². The molecule has 2 aliphatic carbocycles.